The molecule has 0 saturated heterocycles. The Balaban J connectivity index is 2.45. The maximum Gasteiger partial charge on any atom is 0.0269 e. The summed E-state index contributed by atoms with van der Waals surface area (Å²) in [4.78, 5) is 2.43. The third kappa shape index (κ3) is 1.91. The van der Waals surface area contributed by atoms with Crippen molar-refractivity contribution in [2.45, 2.75) is 50.5 Å². The third-order valence-corrected chi connectivity index (χ3v) is 5.18. The van der Waals surface area contributed by atoms with Crippen molar-refractivity contribution in [2.24, 2.45) is 0 Å². The van der Waals surface area contributed by atoms with E-state index in [4.69, 9.17) is 0 Å². The van der Waals surface area contributed by atoms with E-state index >= 15 is 0 Å². The van der Waals surface area contributed by atoms with Gasteiger partial charge in [-0.1, -0.05) is 50.1 Å². The number of nitrogens with zero attached hydrogens (tertiary/aromatic N) is 1. The minimum atomic E-state index is 0.270. The Morgan fingerprint density at radius 2 is 1.53 bits per heavy atom. The van der Waals surface area contributed by atoms with Crippen LogP contribution in [0.5, 0.6) is 0 Å². The van der Waals surface area contributed by atoms with Crippen molar-refractivity contribution in [3.8, 4) is 0 Å². The lowest BCUT2D eigenvalue weighted by atomic mass is 9.59. The summed E-state index contributed by atoms with van der Waals surface area (Å²) in [5.74, 6) is 0. The fraction of sp³-hybridized carbons (Fsp3) is 0.625. The molecule has 1 heteroatoms. The number of hydrogen-bond acceptors (Lipinski definition) is 1. The summed E-state index contributed by atoms with van der Waals surface area (Å²) in [6, 6.07) is 11.1. The fourth-order valence-corrected chi connectivity index (χ4v) is 3.47. The minimum absolute atomic E-state index is 0.270. The van der Waals surface area contributed by atoms with Gasteiger partial charge in [0.2, 0.25) is 0 Å². The molecule has 2 unspecified atom stereocenters. The van der Waals surface area contributed by atoms with Crippen molar-refractivity contribution in [2.75, 3.05) is 14.1 Å². The first-order valence-corrected chi connectivity index (χ1v) is 6.74. The topological polar surface area (TPSA) is 3.24 Å². The molecule has 2 atom stereocenters. The smallest absolute Gasteiger partial charge is 0.0269 e. The first-order valence-electron chi connectivity index (χ1n) is 6.74. The Morgan fingerprint density at radius 3 is 2.12 bits per heavy atom. The second-order valence-electron chi connectivity index (χ2n) is 6.07. The summed E-state index contributed by atoms with van der Waals surface area (Å²) in [6.45, 7) is 4.88. The van der Waals surface area contributed by atoms with E-state index in [1.807, 2.05) is 0 Å². The summed E-state index contributed by atoms with van der Waals surface area (Å²) in [5, 5.41) is 0. The lowest BCUT2D eigenvalue weighted by Gasteiger charge is -2.54. The van der Waals surface area contributed by atoms with Gasteiger partial charge in [0.25, 0.3) is 0 Å². The van der Waals surface area contributed by atoms with Gasteiger partial charge in [-0.05, 0) is 39.4 Å². The van der Waals surface area contributed by atoms with Crippen LogP contribution in [0.15, 0.2) is 30.3 Å². The molecule has 1 saturated carbocycles. The highest BCUT2D eigenvalue weighted by molar-refractivity contribution is 5.30. The number of benzene rings is 1. The molecule has 0 aliphatic heterocycles. The third-order valence-electron chi connectivity index (χ3n) is 5.18. The van der Waals surface area contributed by atoms with Crippen LogP contribution >= 0.6 is 0 Å². The average Bonchev–Trinajstić information content (AvgIpc) is 2.34. The van der Waals surface area contributed by atoms with Gasteiger partial charge in [0.05, 0.1) is 0 Å². The molecule has 0 spiro atoms. The molecule has 17 heavy (non-hydrogen) atoms. The van der Waals surface area contributed by atoms with E-state index in [9.17, 15) is 0 Å². The molecular formula is C16H25N. The first-order chi connectivity index (χ1) is 8.01. The highest BCUT2D eigenvalue weighted by Gasteiger charge is 2.48. The molecule has 1 fully saturated rings. The fourth-order valence-electron chi connectivity index (χ4n) is 3.47. The summed E-state index contributed by atoms with van der Waals surface area (Å²) >= 11 is 0. The van der Waals surface area contributed by atoms with E-state index in [0.29, 0.717) is 0 Å². The van der Waals surface area contributed by atoms with Crippen LogP contribution in [0.4, 0.5) is 0 Å². The van der Waals surface area contributed by atoms with E-state index in [2.05, 4.69) is 63.2 Å². The molecule has 0 bridgehead atoms. The van der Waals surface area contributed by atoms with E-state index < -0.39 is 0 Å². The van der Waals surface area contributed by atoms with Crippen molar-refractivity contribution in [3.05, 3.63) is 35.9 Å². The Labute approximate surface area is 106 Å². The van der Waals surface area contributed by atoms with E-state index in [1.165, 1.54) is 31.2 Å². The van der Waals surface area contributed by atoms with Gasteiger partial charge in [-0.15, -0.1) is 0 Å². The van der Waals surface area contributed by atoms with Crippen molar-refractivity contribution < 1.29 is 0 Å². The number of hydrogen-bond donors (Lipinski definition) is 0. The quantitative estimate of drug-likeness (QED) is 0.747. The standard InChI is InChI=1S/C16H25N/c1-15(14-10-6-5-7-11-14)12-8-9-13-16(15,2)17(3)4/h5-7,10-11H,8-9,12-13H2,1-4H3. The van der Waals surface area contributed by atoms with Crippen LogP contribution in [-0.2, 0) is 5.41 Å². The van der Waals surface area contributed by atoms with Gasteiger partial charge in [0.1, 0.15) is 0 Å². The first kappa shape index (κ1) is 12.6. The highest BCUT2D eigenvalue weighted by atomic mass is 15.2. The largest absolute Gasteiger partial charge is 0.303 e. The van der Waals surface area contributed by atoms with Gasteiger partial charge in [-0.2, -0.15) is 0 Å². The Hall–Kier alpha value is -0.820. The van der Waals surface area contributed by atoms with Gasteiger partial charge in [-0.3, -0.25) is 0 Å². The van der Waals surface area contributed by atoms with Crippen molar-refractivity contribution in [3.63, 3.8) is 0 Å². The summed E-state index contributed by atoms with van der Waals surface area (Å²) in [7, 11) is 4.46. The summed E-state index contributed by atoms with van der Waals surface area (Å²) in [5.41, 5.74) is 2.04. The van der Waals surface area contributed by atoms with E-state index in [0.717, 1.165) is 0 Å². The van der Waals surface area contributed by atoms with Crippen LogP contribution in [0.3, 0.4) is 0 Å². The Kier molecular flexibility index (Phi) is 3.31. The Morgan fingerprint density at radius 1 is 0.941 bits per heavy atom. The second-order valence-corrected chi connectivity index (χ2v) is 6.07. The lowest BCUT2D eigenvalue weighted by molar-refractivity contribution is 0.0352. The number of likely N-dealkylation sites (N-methyl/N-ethyl adjacent to an activating group) is 1. The van der Waals surface area contributed by atoms with Crippen LogP contribution < -0.4 is 0 Å². The molecule has 0 amide bonds. The van der Waals surface area contributed by atoms with Crippen LogP contribution in [-0.4, -0.2) is 24.5 Å². The van der Waals surface area contributed by atoms with Crippen molar-refractivity contribution in [1.29, 1.82) is 0 Å². The lowest BCUT2D eigenvalue weighted by Crippen LogP contribution is -2.58. The molecule has 1 aromatic carbocycles. The molecule has 0 aromatic heterocycles. The summed E-state index contributed by atoms with van der Waals surface area (Å²) < 4.78 is 0. The molecule has 1 aromatic rings. The van der Waals surface area contributed by atoms with Crippen LogP contribution in [0.2, 0.25) is 0 Å². The van der Waals surface area contributed by atoms with Crippen LogP contribution in [0.1, 0.15) is 45.1 Å². The molecular weight excluding hydrogens is 206 g/mol. The number of rotatable bonds is 2. The molecule has 1 aliphatic carbocycles. The molecule has 0 N–H and O–H groups in total. The second kappa shape index (κ2) is 4.45. The zero-order chi connectivity index (χ0) is 12.5. The van der Waals surface area contributed by atoms with Gasteiger partial charge < -0.3 is 4.90 Å². The van der Waals surface area contributed by atoms with Gasteiger partial charge in [-0.25, -0.2) is 0 Å². The van der Waals surface area contributed by atoms with Crippen molar-refractivity contribution >= 4 is 0 Å². The molecule has 0 heterocycles. The maximum absolute atomic E-state index is 2.45. The van der Waals surface area contributed by atoms with E-state index in [-0.39, 0.29) is 11.0 Å². The molecule has 0 radical (unpaired) electrons. The molecule has 94 valence electrons. The molecule has 2 rings (SSSR count). The normalized spacial score (nSPS) is 33.9. The zero-order valence-electron chi connectivity index (χ0n) is 11.7. The molecule has 1 nitrogen and oxygen atoms in total. The van der Waals surface area contributed by atoms with Crippen LogP contribution in [0, 0.1) is 0 Å². The van der Waals surface area contributed by atoms with Crippen LogP contribution in [0.25, 0.3) is 0 Å². The highest BCUT2D eigenvalue weighted by Crippen LogP contribution is 2.48. The summed E-state index contributed by atoms with van der Waals surface area (Å²) in [6.07, 6.45) is 5.31. The SMILES string of the molecule is CN(C)C1(C)CCCCC1(C)c1ccccc1. The minimum Gasteiger partial charge on any atom is -0.303 e. The monoisotopic (exact) mass is 231 g/mol. The Bertz CT molecular complexity index is 370. The van der Waals surface area contributed by atoms with Gasteiger partial charge in [0, 0.05) is 11.0 Å². The zero-order valence-corrected chi connectivity index (χ0v) is 11.7. The van der Waals surface area contributed by atoms with Crippen molar-refractivity contribution in [1.82, 2.24) is 4.90 Å². The average molecular weight is 231 g/mol. The molecule has 1 aliphatic rings. The van der Waals surface area contributed by atoms with Gasteiger partial charge >= 0.3 is 0 Å². The van der Waals surface area contributed by atoms with Gasteiger partial charge in [0.15, 0.2) is 0 Å². The predicted molar refractivity (Wildman–Crippen MR) is 74.4 cm³/mol. The predicted octanol–water partition coefficient (Wildman–Crippen LogP) is 3.84. The van der Waals surface area contributed by atoms with E-state index in [1.54, 1.807) is 0 Å². The maximum atomic E-state index is 2.45.